The lowest BCUT2D eigenvalue weighted by Crippen LogP contribution is -2.53. The summed E-state index contributed by atoms with van der Waals surface area (Å²) in [5.74, 6) is -0.939. The normalized spacial score (nSPS) is 24.3. The molecular weight excluding hydrogens is 278 g/mol. The van der Waals surface area contributed by atoms with E-state index in [9.17, 15) is 0 Å². The molecule has 1 saturated carbocycles. The van der Waals surface area contributed by atoms with Crippen LogP contribution in [0.1, 0.15) is 106 Å². The number of aryl methyl sites for hydroxylation is 2. The van der Waals surface area contributed by atoms with Crippen LogP contribution in [0.25, 0.3) is 0 Å². The van der Waals surface area contributed by atoms with Crippen LogP contribution in [-0.4, -0.2) is 11.1 Å². The summed E-state index contributed by atoms with van der Waals surface area (Å²) >= 11 is 0. The first-order valence-corrected chi connectivity index (χ1v) is 8.78. The molecule has 1 nitrogen and oxygen atoms in total. The van der Waals surface area contributed by atoms with Crippen molar-refractivity contribution in [3.8, 4) is 0 Å². The second-order valence-electron chi connectivity index (χ2n) is 8.76. The van der Waals surface area contributed by atoms with Gasteiger partial charge in [0.2, 0.25) is 0 Å². The van der Waals surface area contributed by atoms with Crippen molar-refractivity contribution in [1.29, 1.82) is 0 Å². The molecule has 0 aliphatic heterocycles. The Morgan fingerprint density at radius 1 is 0.913 bits per heavy atom. The minimum atomic E-state index is -2.49. The summed E-state index contributed by atoms with van der Waals surface area (Å²) in [5, 5.41) is 0. The highest BCUT2D eigenvalue weighted by Crippen LogP contribution is 2.40. The van der Waals surface area contributed by atoms with Crippen molar-refractivity contribution >= 4 is 5.69 Å². The van der Waals surface area contributed by atoms with E-state index in [0.717, 1.165) is 19.3 Å². The Kier molecular flexibility index (Phi) is 3.05. The zero-order valence-corrected chi connectivity index (χ0v) is 15.6. The molecule has 1 heteroatoms. The maximum absolute atomic E-state index is 9.01. The van der Waals surface area contributed by atoms with Crippen molar-refractivity contribution in [3.63, 3.8) is 0 Å². The van der Waals surface area contributed by atoms with E-state index in [0.29, 0.717) is 18.4 Å². The second kappa shape index (κ2) is 6.49. The van der Waals surface area contributed by atoms with E-state index in [-0.39, 0.29) is 16.8 Å². The Hall–Kier alpha value is -0.980. The molecule has 0 unspecified atom stereocenters. The van der Waals surface area contributed by atoms with E-state index >= 15 is 0 Å². The summed E-state index contributed by atoms with van der Waals surface area (Å²) in [7, 11) is 0. The number of anilines is 1. The topological polar surface area (TPSA) is 3.24 Å². The number of nitrogens with zero attached hydrogens (tertiary/aromatic N) is 1. The molecule has 1 aromatic carbocycles. The SMILES string of the molecule is [2H]C([2H])([2H])c1cc(C2([2H])CCCCC2)cc(C([2H])([2H])[2H])c1N(C(C)(C)C)C(C)(C)C. The van der Waals surface area contributed by atoms with Crippen molar-refractivity contribution in [3.05, 3.63) is 28.8 Å². The molecule has 23 heavy (non-hydrogen) atoms. The molecule has 2 rings (SSSR count). The van der Waals surface area contributed by atoms with Gasteiger partial charge in [-0.2, -0.15) is 0 Å². The maximum Gasteiger partial charge on any atom is 0.0434 e. The molecule has 0 N–H and O–H groups in total. The Bertz CT molecular complexity index is 709. The van der Waals surface area contributed by atoms with Gasteiger partial charge >= 0.3 is 0 Å². The molecule has 1 aliphatic carbocycles. The van der Waals surface area contributed by atoms with Gasteiger partial charge in [0, 0.05) is 26.4 Å². The van der Waals surface area contributed by atoms with Gasteiger partial charge in [0.05, 0.1) is 0 Å². The smallest absolute Gasteiger partial charge is 0.0434 e. The molecule has 0 aromatic heterocycles. The van der Waals surface area contributed by atoms with Crippen LogP contribution in [0.5, 0.6) is 0 Å². The van der Waals surface area contributed by atoms with Gasteiger partial charge < -0.3 is 4.90 Å². The largest absolute Gasteiger partial charge is 0.361 e. The first-order valence-electron chi connectivity index (χ1n) is 12.3. The van der Waals surface area contributed by atoms with Crippen LogP contribution in [0, 0.1) is 13.7 Å². The van der Waals surface area contributed by atoms with E-state index < -0.39 is 30.7 Å². The van der Waals surface area contributed by atoms with Crippen molar-refractivity contribution in [2.75, 3.05) is 4.90 Å². The zero-order chi connectivity index (χ0) is 23.3. The summed E-state index contributed by atoms with van der Waals surface area (Å²) in [6.07, 6.45) is 4.09. The molecule has 0 saturated heterocycles. The molecule has 1 fully saturated rings. The molecule has 1 aliphatic rings. The van der Waals surface area contributed by atoms with Gasteiger partial charge in [0.1, 0.15) is 0 Å². The van der Waals surface area contributed by atoms with Crippen LogP contribution >= 0.6 is 0 Å². The van der Waals surface area contributed by atoms with Gasteiger partial charge in [-0.1, -0.05) is 31.4 Å². The zero-order valence-electron chi connectivity index (χ0n) is 22.6. The molecule has 0 bridgehead atoms. The first-order chi connectivity index (χ1) is 13.3. The van der Waals surface area contributed by atoms with Crippen LogP contribution in [0.3, 0.4) is 0 Å². The quantitative estimate of drug-likeness (QED) is 0.581. The lowest BCUT2D eigenvalue weighted by atomic mass is 9.82. The van der Waals surface area contributed by atoms with E-state index in [4.69, 9.17) is 9.60 Å². The molecule has 0 heterocycles. The van der Waals surface area contributed by atoms with E-state index in [2.05, 4.69) is 0 Å². The van der Waals surface area contributed by atoms with Crippen LogP contribution in [0.4, 0.5) is 5.69 Å². The van der Waals surface area contributed by atoms with Gasteiger partial charge in [0.25, 0.3) is 0 Å². The fraction of sp³-hybridized carbons (Fsp3) is 0.727. The van der Waals surface area contributed by atoms with Crippen molar-refractivity contribution in [2.45, 2.75) is 104 Å². The fourth-order valence-corrected chi connectivity index (χ4v) is 4.02. The highest BCUT2D eigenvalue weighted by molar-refractivity contribution is 5.63. The molecular formula is C22H37N. The maximum atomic E-state index is 9.01. The number of rotatable bonds is 2. The summed E-state index contributed by atoms with van der Waals surface area (Å²) in [4.78, 5) is 1.92. The molecule has 0 spiro atoms. The predicted octanol–water partition coefficient (Wildman–Crippen LogP) is 6.75. The van der Waals surface area contributed by atoms with Crippen LogP contribution < -0.4 is 4.90 Å². The third-order valence-corrected chi connectivity index (χ3v) is 4.54. The van der Waals surface area contributed by atoms with E-state index in [1.165, 1.54) is 0 Å². The van der Waals surface area contributed by atoms with Crippen molar-refractivity contribution < 1.29 is 9.60 Å². The lowest BCUT2D eigenvalue weighted by Gasteiger charge is -2.49. The molecule has 0 atom stereocenters. The minimum absolute atomic E-state index is 0.0353. The van der Waals surface area contributed by atoms with Gasteiger partial charge in [-0.15, -0.1) is 0 Å². The second-order valence-corrected chi connectivity index (χ2v) is 8.76. The Morgan fingerprint density at radius 3 is 1.78 bits per heavy atom. The molecule has 130 valence electrons. The first kappa shape index (κ1) is 10.8. The van der Waals surface area contributed by atoms with E-state index in [1.807, 2.05) is 46.4 Å². The van der Waals surface area contributed by atoms with Gasteiger partial charge in [-0.05, 0) is 90.7 Å². The Morgan fingerprint density at radius 2 is 1.39 bits per heavy atom. The third-order valence-electron chi connectivity index (χ3n) is 4.54. The van der Waals surface area contributed by atoms with Crippen LogP contribution in [-0.2, 0) is 0 Å². The summed E-state index contributed by atoms with van der Waals surface area (Å²) < 4.78 is 58.5. The predicted molar refractivity (Wildman–Crippen MR) is 104 cm³/mol. The molecule has 0 radical (unpaired) electrons. The molecule has 1 aromatic rings. The van der Waals surface area contributed by atoms with Crippen molar-refractivity contribution in [2.24, 2.45) is 0 Å². The lowest BCUT2D eigenvalue weighted by molar-refractivity contribution is 0.379. The number of hydrogen-bond acceptors (Lipinski definition) is 1. The van der Waals surface area contributed by atoms with Gasteiger partial charge in [-0.3, -0.25) is 0 Å². The van der Waals surface area contributed by atoms with Gasteiger partial charge in [0.15, 0.2) is 0 Å². The highest BCUT2D eigenvalue weighted by Gasteiger charge is 2.33. The van der Waals surface area contributed by atoms with Crippen molar-refractivity contribution in [1.82, 2.24) is 0 Å². The molecule has 0 amide bonds. The van der Waals surface area contributed by atoms with Crippen LogP contribution in [0.2, 0.25) is 0 Å². The average molecular weight is 323 g/mol. The van der Waals surface area contributed by atoms with E-state index in [1.54, 1.807) is 12.1 Å². The third kappa shape index (κ3) is 4.11. The number of hydrogen-bond donors (Lipinski definition) is 0. The Labute approximate surface area is 154 Å². The number of benzene rings is 1. The minimum Gasteiger partial charge on any atom is -0.361 e. The fourth-order valence-electron chi connectivity index (χ4n) is 4.02. The van der Waals surface area contributed by atoms with Gasteiger partial charge in [-0.25, -0.2) is 0 Å². The summed E-state index contributed by atoms with van der Waals surface area (Å²) in [5.41, 5.74) is -0.169. The monoisotopic (exact) mass is 322 g/mol. The standard InChI is InChI=1S/C22H37N/c1-16-14-19(18-12-10-9-11-13-18)15-17(2)20(16)23(21(3,4)5)22(6,7)8/h14-15,18H,9-13H2,1-8H3/i1D3,2D3,18D. The average Bonchev–Trinajstić information content (AvgIpc) is 2.50. The Balaban J connectivity index is 2.96. The van der Waals surface area contributed by atoms with Crippen LogP contribution in [0.15, 0.2) is 12.1 Å². The summed E-state index contributed by atoms with van der Waals surface area (Å²) in [6, 6.07) is 3.20. The summed E-state index contributed by atoms with van der Waals surface area (Å²) in [6.45, 7) is 6.80. The highest BCUT2D eigenvalue weighted by atomic mass is 15.2.